The number of aliphatic hydroxyl groups is 2. The van der Waals surface area contributed by atoms with Crippen LogP contribution in [0.25, 0.3) is 11.2 Å². The lowest BCUT2D eigenvalue weighted by Crippen LogP contribution is -2.32. The van der Waals surface area contributed by atoms with Gasteiger partial charge in [0.15, 0.2) is 22.8 Å². The molecule has 0 aromatic carbocycles. The van der Waals surface area contributed by atoms with Crippen LogP contribution in [0.2, 0.25) is 0 Å². The third kappa shape index (κ3) is 2.51. The molecule has 10 nitrogen and oxygen atoms in total. The molecule has 0 bridgehead atoms. The van der Waals surface area contributed by atoms with E-state index in [2.05, 4.69) is 24.9 Å². The minimum atomic E-state index is -1.11. The lowest BCUT2D eigenvalue weighted by atomic mass is 10.1. The number of rotatable bonds is 4. The van der Waals surface area contributed by atoms with Gasteiger partial charge in [-0.25, -0.2) is 19.9 Å². The summed E-state index contributed by atoms with van der Waals surface area (Å²) < 4.78 is 7.39. The number of aromatic amines is 1. The van der Waals surface area contributed by atoms with E-state index in [1.165, 1.54) is 24.4 Å². The fraction of sp³-hybridized carbons (Fsp3) is 0.385. The van der Waals surface area contributed by atoms with Gasteiger partial charge in [-0.1, -0.05) is 11.8 Å². The lowest BCUT2D eigenvalue weighted by Gasteiger charge is -2.16. The number of hydrogen-bond donors (Lipinski definition) is 4. The predicted octanol–water partition coefficient (Wildman–Crippen LogP) is -0.457. The largest absolute Gasteiger partial charge is 0.387 e. The molecule has 0 spiro atoms. The number of hydrogen-bond acceptors (Lipinski definition) is 9. The number of ether oxygens (including phenoxy) is 1. The van der Waals surface area contributed by atoms with Crippen molar-refractivity contribution in [2.45, 2.75) is 29.7 Å². The quantitative estimate of drug-likeness (QED) is 0.459. The highest BCUT2D eigenvalue weighted by molar-refractivity contribution is 7.99. The summed E-state index contributed by atoms with van der Waals surface area (Å²) in [5.41, 5.74) is 6.64. The number of nitrogens with zero attached hydrogens (tertiary/aromatic N) is 5. The minimum Gasteiger partial charge on any atom is -0.387 e. The third-order valence-electron chi connectivity index (χ3n) is 3.86. The van der Waals surface area contributed by atoms with Crippen LogP contribution in [0.5, 0.6) is 0 Å². The van der Waals surface area contributed by atoms with Gasteiger partial charge in [-0.3, -0.25) is 4.57 Å². The first-order valence-electron chi connectivity index (χ1n) is 7.22. The number of fused-ring (bicyclic) bond motifs is 1. The Hall–Kier alpha value is -2.21. The first kappa shape index (κ1) is 15.3. The Bertz CT molecular complexity index is 839. The number of H-pyrrole nitrogens is 1. The van der Waals surface area contributed by atoms with Crippen molar-refractivity contribution in [3.05, 3.63) is 25.0 Å². The van der Waals surface area contributed by atoms with Crippen molar-refractivity contribution >= 4 is 28.7 Å². The van der Waals surface area contributed by atoms with Crippen molar-refractivity contribution in [2.75, 3.05) is 11.5 Å². The van der Waals surface area contributed by atoms with Gasteiger partial charge in [0.25, 0.3) is 0 Å². The molecule has 0 amide bonds. The molecule has 5 N–H and O–H groups in total. The zero-order valence-corrected chi connectivity index (χ0v) is 13.2. The van der Waals surface area contributed by atoms with Crippen LogP contribution < -0.4 is 5.73 Å². The molecule has 3 aromatic rings. The van der Waals surface area contributed by atoms with E-state index >= 15 is 0 Å². The molecular weight excluding hydrogens is 334 g/mol. The van der Waals surface area contributed by atoms with Gasteiger partial charge in [-0.15, -0.1) is 0 Å². The fourth-order valence-electron chi connectivity index (χ4n) is 2.64. The number of aromatic nitrogens is 6. The maximum Gasteiger partial charge on any atom is 0.167 e. The van der Waals surface area contributed by atoms with E-state index < -0.39 is 24.5 Å². The molecule has 126 valence electrons. The van der Waals surface area contributed by atoms with E-state index in [1.807, 2.05) is 0 Å². The van der Waals surface area contributed by atoms with Crippen LogP contribution in [0, 0.1) is 0 Å². The van der Waals surface area contributed by atoms with Crippen LogP contribution in [0.1, 0.15) is 6.23 Å². The molecule has 3 aromatic heterocycles. The maximum atomic E-state index is 10.4. The minimum absolute atomic E-state index is 0.247. The second kappa shape index (κ2) is 6.02. The zero-order chi connectivity index (χ0) is 16.7. The van der Waals surface area contributed by atoms with Gasteiger partial charge in [0.05, 0.1) is 12.4 Å². The van der Waals surface area contributed by atoms with Crippen LogP contribution >= 0.6 is 11.8 Å². The first-order chi connectivity index (χ1) is 11.6. The molecule has 0 aliphatic carbocycles. The van der Waals surface area contributed by atoms with E-state index in [-0.39, 0.29) is 5.82 Å². The van der Waals surface area contributed by atoms with Crippen molar-refractivity contribution < 1.29 is 14.9 Å². The molecule has 4 rings (SSSR count). The second-order valence-corrected chi connectivity index (χ2v) is 6.34. The van der Waals surface area contributed by atoms with Crippen LogP contribution in [0.15, 0.2) is 30.2 Å². The number of thioether (sulfide) groups is 1. The second-order valence-electron chi connectivity index (χ2n) is 5.33. The standard InChI is InChI=1S/C13H15N7O3S/c14-10-7-11(18-4-17-10)20(5-19-7)12-9(22)8(21)6(23-12)3-24-13-15-1-2-16-13/h1-2,4-6,8-9,12,21-22H,3H2,(H,15,16)(H2,14,17,18)/t6-,8-,9-,12-/m1/s1. The van der Waals surface area contributed by atoms with Crippen molar-refractivity contribution in [3.63, 3.8) is 0 Å². The molecule has 0 unspecified atom stereocenters. The van der Waals surface area contributed by atoms with Crippen LogP contribution in [-0.2, 0) is 4.74 Å². The highest BCUT2D eigenvalue weighted by Crippen LogP contribution is 2.33. The molecule has 0 radical (unpaired) electrons. The molecule has 1 fully saturated rings. The summed E-state index contributed by atoms with van der Waals surface area (Å²) in [5.74, 6) is 0.683. The molecule has 1 aliphatic rings. The molecular formula is C13H15N7O3S. The highest BCUT2D eigenvalue weighted by atomic mass is 32.2. The molecule has 4 heterocycles. The Morgan fingerprint density at radius 1 is 1.25 bits per heavy atom. The summed E-state index contributed by atoms with van der Waals surface area (Å²) in [4.78, 5) is 19.2. The average molecular weight is 349 g/mol. The molecule has 0 saturated carbocycles. The normalized spacial score (nSPS) is 27.1. The van der Waals surface area contributed by atoms with Gasteiger partial charge in [-0.2, -0.15) is 0 Å². The Morgan fingerprint density at radius 3 is 2.92 bits per heavy atom. The summed E-state index contributed by atoms with van der Waals surface area (Å²) >= 11 is 1.40. The molecule has 1 saturated heterocycles. The average Bonchev–Trinajstić information content (AvgIpc) is 3.28. The topological polar surface area (TPSA) is 148 Å². The Morgan fingerprint density at radius 2 is 2.12 bits per heavy atom. The lowest BCUT2D eigenvalue weighted by molar-refractivity contribution is -0.0289. The van der Waals surface area contributed by atoms with Gasteiger partial charge in [0.2, 0.25) is 0 Å². The first-order valence-corrected chi connectivity index (χ1v) is 8.20. The van der Waals surface area contributed by atoms with E-state index in [1.54, 1.807) is 17.0 Å². The summed E-state index contributed by atoms with van der Waals surface area (Å²) in [5, 5.41) is 21.3. The monoisotopic (exact) mass is 349 g/mol. The summed E-state index contributed by atoms with van der Waals surface area (Å²) in [6, 6.07) is 0. The number of nitrogens with two attached hydrogens (primary N) is 1. The SMILES string of the molecule is Nc1ncnc2c1ncn2[C@@H]1O[C@H](CSc2ncc[nH]2)[C@@H](O)[C@H]1O. The Kier molecular flexibility index (Phi) is 3.84. The summed E-state index contributed by atoms with van der Waals surface area (Å²) in [7, 11) is 0. The maximum absolute atomic E-state index is 10.4. The fourth-order valence-corrected chi connectivity index (χ4v) is 3.53. The van der Waals surface area contributed by atoms with Gasteiger partial charge in [0, 0.05) is 18.1 Å². The number of imidazole rings is 2. The van der Waals surface area contributed by atoms with Crippen LogP contribution in [-0.4, -0.2) is 63.8 Å². The number of anilines is 1. The third-order valence-corrected chi connectivity index (χ3v) is 4.85. The summed E-state index contributed by atoms with van der Waals surface area (Å²) in [6.07, 6.45) is 2.64. The van der Waals surface area contributed by atoms with E-state index in [0.717, 1.165) is 5.16 Å². The van der Waals surface area contributed by atoms with Crippen molar-refractivity contribution in [3.8, 4) is 0 Å². The van der Waals surface area contributed by atoms with Crippen molar-refractivity contribution in [1.29, 1.82) is 0 Å². The van der Waals surface area contributed by atoms with Crippen molar-refractivity contribution in [2.24, 2.45) is 0 Å². The number of nitrogens with one attached hydrogen (secondary N) is 1. The van der Waals surface area contributed by atoms with E-state index in [9.17, 15) is 10.2 Å². The van der Waals surface area contributed by atoms with Crippen molar-refractivity contribution in [1.82, 2.24) is 29.5 Å². The number of nitrogen functional groups attached to an aromatic ring is 1. The summed E-state index contributed by atoms with van der Waals surface area (Å²) in [6.45, 7) is 0. The molecule has 1 aliphatic heterocycles. The van der Waals surface area contributed by atoms with E-state index in [0.29, 0.717) is 16.9 Å². The molecule has 24 heavy (non-hydrogen) atoms. The smallest absolute Gasteiger partial charge is 0.167 e. The number of aliphatic hydroxyl groups excluding tert-OH is 2. The predicted molar refractivity (Wildman–Crippen MR) is 85.0 cm³/mol. The molecule has 4 atom stereocenters. The highest BCUT2D eigenvalue weighted by Gasteiger charge is 2.44. The van der Waals surface area contributed by atoms with Crippen LogP contribution in [0.4, 0.5) is 5.82 Å². The Labute approximate surface area is 140 Å². The van der Waals surface area contributed by atoms with Crippen LogP contribution in [0.3, 0.4) is 0 Å². The van der Waals surface area contributed by atoms with Gasteiger partial charge in [-0.05, 0) is 0 Å². The van der Waals surface area contributed by atoms with Gasteiger partial charge in [0.1, 0.15) is 24.1 Å². The molecule has 11 heteroatoms. The van der Waals surface area contributed by atoms with Gasteiger partial charge >= 0.3 is 0 Å². The van der Waals surface area contributed by atoms with Gasteiger partial charge < -0.3 is 25.7 Å². The van der Waals surface area contributed by atoms with E-state index in [4.69, 9.17) is 10.5 Å². The Balaban J connectivity index is 1.56. The zero-order valence-electron chi connectivity index (χ0n) is 12.4.